The number of carbonyl (C=O) groups is 1. The number of unbranched alkanes of at least 4 members (excludes halogenated alkanes) is 2. The van der Waals surface area contributed by atoms with Crippen molar-refractivity contribution in [3.8, 4) is 5.75 Å². The van der Waals surface area contributed by atoms with Crippen LogP contribution in [0.15, 0.2) is 18.2 Å². The molecule has 4 nitrogen and oxygen atoms in total. The molecule has 0 aromatic heterocycles. The Morgan fingerprint density at radius 1 is 1.29 bits per heavy atom. The highest BCUT2D eigenvalue weighted by Crippen LogP contribution is 2.19. The average molecular weight is 349 g/mol. The molecule has 1 rings (SSSR count). The van der Waals surface area contributed by atoms with Crippen molar-refractivity contribution in [2.24, 2.45) is 0 Å². The molecular formula is C12H16INO3. The molecule has 3 N–H and O–H groups in total. The number of nitrogens with one attached hydrogen (secondary N) is 1. The summed E-state index contributed by atoms with van der Waals surface area (Å²) >= 11 is 2.09. The fourth-order valence-corrected chi connectivity index (χ4v) is 1.89. The first-order valence-corrected chi connectivity index (χ1v) is 6.60. The standard InChI is InChI=1S/C12H16INO3/c13-9-4-5-11(16)10(8-9)12(17)14-6-2-1-3-7-15/h4-5,8,15-16H,1-3,6-7H2,(H,14,17). The number of aliphatic hydroxyl groups is 1. The van der Waals surface area contributed by atoms with Gasteiger partial charge < -0.3 is 15.5 Å². The predicted molar refractivity (Wildman–Crippen MR) is 74.1 cm³/mol. The second-order valence-electron chi connectivity index (χ2n) is 3.70. The van der Waals surface area contributed by atoms with Gasteiger partial charge in [0.2, 0.25) is 0 Å². The molecule has 0 heterocycles. The van der Waals surface area contributed by atoms with Crippen molar-refractivity contribution in [3.63, 3.8) is 0 Å². The van der Waals surface area contributed by atoms with E-state index in [4.69, 9.17) is 5.11 Å². The minimum absolute atomic E-state index is 0.00160. The molecule has 0 unspecified atom stereocenters. The van der Waals surface area contributed by atoms with Crippen LogP contribution in [0.5, 0.6) is 5.75 Å². The van der Waals surface area contributed by atoms with E-state index in [9.17, 15) is 9.90 Å². The minimum atomic E-state index is -0.259. The van der Waals surface area contributed by atoms with Gasteiger partial charge in [0.1, 0.15) is 5.75 Å². The Hall–Kier alpha value is -0.820. The molecule has 0 bridgehead atoms. The van der Waals surface area contributed by atoms with Gasteiger partial charge in [0.15, 0.2) is 0 Å². The fraction of sp³-hybridized carbons (Fsp3) is 0.417. The first-order chi connectivity index (χ1) is 8.15. The van der Waals surface area contributed by atoms with Crippen molar-refractivity contribution >= 4 is 28.5 Å². The SMILES string of the molecule is O=C(NCCCCCO)c1cc(I)ccc1O. The second kappa shape index (κ2) is 7.50. The van der Waals surface area contributed by atoms with Crippen LogP contribution in [-0.4, -0.2) is 29.3 Å². The highest BCUT2D eigenvalue weighted by molar-refractivity contribution is 14.1. The number of phenols is 1. The van der Waals surface area contributed by atoms with Crippen molar-refractivity contribution in [3.05, 3.63) is 27.3 Å². The van der Waals surface area contributed by atoms with Crippen LogP contribution in [0.25, 0.3) is 0 Å². The molecule has 1 aromatic carbocycles. The zero-order valence-electron chi connectivity index (χ0n) is 9.45. The second-order valence-corrected chi connectivity index (χ2v) is 4.95. The number of amides is 1. The summed E-state index contributed by atoms with van der Waals surface area (Å²) in [7, 11) is 0. The van der Waals surface area contributed by atoms with E-state index in [2.05, 4.69) is 27.9 Å². The molecule has 5 heteroatoms. The lowest BCUT2D eigenvalue weighted by Crippen LogP contribution is -2.24. The van der Waals surface area contributed by atoms with Crippen LogP contribution in [0.3, 0.4) is 0 Å². The maximum absolute atomic E-state index is 11.7. The lowest BCUT2D eigenvalue weighted by atomic mass is 10.2. The van der Waals surface area contributed by atoms with E-state index in [0.29, 0.717) is 12.1 Å². The largest absolute Gasteiger partial charge is 0.507 e. The Bertz CT molecular complexity index is 382. The van der Waals surface area contributed by atoms with Gasteiger partial charge in [0.25, 0.3) is 5.91 Å². The van der Waals surface area contributed by atoms with E-state index in [-0.39, 0.29) is 18.3 Å². The molecule has 1 amide bonds. The van der Waals surface area contributed by atoms with Crippen molar-refractivity contribution in [1.29, 1.82) is 0 Å². The topological polar surface area (TPSA) is 69.6 Å². The third-order valence-electron chi connectivity index (χ3n) is 2.32. The molecule has 0 aliphatic rings. The summed E-state index contributed by atoms with van der Waals surface area (Å²) in [6.07, 6.45) is 2.47. The Labute approximate surface area is 114 Å². The number of carbonyl (C=O) groups excluding carboxylic acids is 1. The molecule has 0 aliphatic heterocycles. The molecule has 1 aromatic rings. The predicted octanol–water partition coefficient (Wildman–Crippen LogP) is 1.89. The smallest absolute Gasteiger partial charge is 0.255 e. The molecule has 0 saturated carbocycles. The number of aromatic hydroxyl groups is 1. The minimum Gasteiger partial charge on any atom is -0.507 e. The summed E-state index contributed by atoms with van der Waals surface area (Å²) < 4.78 is 0.908. The first-order valence-electron chi connectivity index (χ1n) is 5.52. The van der Waals surface area contributed by atoms with E-state index in [0.717, 1.165) is 22.8 Å². The molecule has 0 spiro atoms. The highest BCUT2D eigenvalue weighted by atomic mass is 127. The van der Waals surface area contributed by atoms with Crippen LogP contribution in [0, 0.1) is 3.57 Å². The third-order valence-corrected chi connectivity index (χ3v) is 2.99. The quantitative estimate of drug-likeness (QED) is 0.543. The van der Waals surface area contributed by atoms with Crippen LogP contribution in [0.2, 0.25) is 0 Å². The highest BCUT2D eigenvalue weighted by Gasteiger charge is 2.10. The van der Waals surface area contributed by atoms with E-state index >= 15 is 0 Å². The van der Waals surface area contributed by atoms with Crippen LogP contribution >= 0.6 is 22.6 Å². The molecule has 0 atom stereocenters. The number of hydrogen-bond donors (Lipinski definition) is 3. The maximum atomic E-state index is 11.7. The third kappa shape index (κ3) is 4.91. The number of benzene rings is 1. The van der Waals surface area contributed by atoms with Crippen molar-refractivity contribution in [1.82, 2.24) is 5.32 Å². The van der Waals surface area contributed by atoms with Gasteiger partial charge in [-0.2, -0.15) is 0 Å². The summed E-state index contributed by atoms with van der Waals surface area (Å²) in [5, 5.41) is 20.9. The fourth-order valence-electron chi connectivity index (χ4n) is 1.40. The maximum Gasteiger partial charge on any atom is 0.255 e. The first kappa shape index (κ1) is 14.2. The molecule has 94 valence electrons. The Balaban J connectivity index is 2.44. The van der Waals surface area contributed by atoms with Gasteiger partial charge in [0, 0.05) is 16.7 Å². The number of phenolic OH excluding ortho intramolecular Hbond substituents is 1. The number of aliphatic hydroxyl groups excluding tert-OH is 1. The molecular weight excluding hydrogens is 333 g/mol. The van der Waals surface area contributed by atoms with Crippen molar-refractivity contribution in [2.45, 2.75) is 19.3 Å². The lowest BCUT2D eigenvalue weighted by Gasteiger charge is -2.07. The van der Waals surface area contributed by atoms with E-state index < -0.39 is 0 Å². The zero-order valence-corrected chi connectivity index (χ0v) is 11.6. The Morgan fingerprint density at radius 3 is 2.76 bits per heavy atom. The Kier molecular flexibility index (Phi) is 6.28. The summed E-state index contributed by atoms with van der Waals surface area (Å²) in [4.78, 5) is 11.7. The van der Waals surface area contributed by atoms with Gasteiger partial charge in [-0.3, -0.25) is 4.79 Å². The monoisotopic (exact) mass is 349 g/mol. The van der Waals surface area contributed by atoms with Crippen molar-refractivity contribution < 1.29 is 15.0 Å². The van der Waals surface area contributed by atoms with Crippen LogP contribution in [0.1, 0.15) is 29.6 Å². The number of hydrogen-bond acceptors (Lipinski definition) is 3. The summed E-state index contributed by atoms with van der Waals surface area (Å²) in [6.45, 7) is 0.745. The van der Waals surface area contributed by atoms with Gasteiger partial charge in [-0.25, -0.2) is 0 Å². The molecule has 0 radical (unpaired) electrons. The summed E-state index contributed by atoms with van der Waals surface area (Å²) in [6, 6.07) is 4.91. The normalized spacial score (nSPS) is 10.2. The van der Waals surface area contributed by atoms with E-state index in [1.807, 2.05) is 0 Å². The van der Waals surface area contributed by atoms with Gasteiger partial charge in [-0.05, 0) is 60.1 Å². The molecule has 0 saturated heterocycles. The number of halogens is 1. The molecule has 0 aliphatic carbocycles. The average Bonchev–Trinajstić information content (AvgIpc) is 2.32. The number of rotatable bonds is 6. The molecule has 17 heavy (non-hydrogen) atoms. The zero-order chi connectivity index (χ0) is 12.7. The van der Waals surface area contributed by atoms with Gasteiger partial charge in [0.05, 0.1) is 5.56 Å². The van der Waals surface area contributed by atoms with Gasteiger partial charge in [-0.15, -0.1) is 0 Å². The summed E-state index contributed by atoms with van der Waals surface area (Å²) in [5.41, 5.74) is 0.305. The van der Waals surface area contributed by atoms with E-state index in [1.54, 1.807) is 12.1 Å². The Morgan fingerprint density at radius 2 is 2.06 bits per heavy atom. The van der Waals surface area contributed by atoms with Gasteiger partial charge >= 0.3 is 0 Å². The summed E-state index contributed by atoms with van der Waals surface area (Å²) in [5.74, 6) is -0.261. The van der Waals surface area contributed by atoms with Crippen LogP contribution in [-0.2, 0) is 0 Å². The van der Waals surface area contributed by atoms with Gasteiger partial charge in [-0.1, -0.05) is 0 Å². The van der Waals surface area contributed by atoms with Crippen LogP contribution < -0.4 is 5.32 Å². The molecule has 0 fully saturated rings. The lowest BCUT2D eigenvalue weighted by molar-refractivity contribution is 0.0950. The van der Waals surface area contributed by atoms with E-state index in [1.165, 1.54) is 6.07 Å². The van der Waals surface area contributed by atoms with Crippen LogP contribution in [0.4, 0.5) is 0 Å². The van der Waals surface area contributed by atoms with Crippen molar-refractivity contribution in [2.75, 3.05) is 13.2 Å².